The Hall–Kier alpha value is -0.990. The van der Waals surface area contributed by atoms with Crippen molar-refractivity contribution in [3.05, 3.63) is 36.0 Å². The predicted octanol–water partition coefficient (Wildman–Crippen LogP) is 4.65. The summed E-state index contributed by atoms with van der Waals surface area (Å²) in [4.78, 5) is 0. The molecule has 0 N–H and O–H groups in total. The highest BCUT2D eigenvalue weighted by Crippen LogP contribution is 2.40. The first-order chi connectivity index (χ1) is 7.36. The van der Waals surface area contributed by atoms with E-state index < -0.39 is 18.0 Å². The van der Waals surface area contributed by atoms with E-state index in [0.717, 1.165) is 5.57 Å². The Labute approximate surface area is 94.5 Å². The summed E-state index contributed by atoms with van der Waals surface area (Å²) >= 11 is 0. The fourth-order valence-corrected chi connectivity index (χ4v) is 2.29. The van der Waals surface area contributed by atoms with Crippen molar-refractivity contribution < 1.29 is 13.2 Å². The van der Waals surface area contributed by atoms with Crippen LogP contribution in [0.1, 0.15) is 26.7 Å². The highest BCUT2D eigenvalue weighted by molar-refractivity contribution is 5.22. The quantitative estimate of drug-likeness (QED) is 0.575. The number of alkyl halides is 3. The third-order valence-corrected chi connectivity index (χ3v) is 3.05. The number of hydrogen-bond donors (Lipinski definition) is 0. The topological polar surface area (TPSA) is 0 Å². The van der Waals surface area contributed by atoms with Crippen LogP contribution in [0.4, 0.5) is 13.2 Å². The van der Waals surface area contributed by atoms with Crippen LogP contribution < -0.4 is 0 Å². The van der Waals surface area contributed by atoms with Crippen molar-refractivity contribution >= 4 is 0 Å². The zero-order valence-corrected chi connectivity index (χ0v) is 9.64. The lowest BCUT2D eigenvalue weighted by atomic mass is 9.81. The molecule has 0 saturated heterocycles. The molecule has 90 valence electrons. The van der Waals surface area contributed by atoms with Crippen molar-refractivity contribution in [3.63, 3.8) is 0 Å². The van der Waals surface area contributed by atoms with Gasteiger partial charge in [0.1, 0.15) is 0 Å². The summed E-state index contributed by atoms with van der Waals surface area (Å²) in [5.41, 5.74) is 1.34. The van der Waals surface area contributed by atoms with E-state index in [9.17, 15) is 13.2 Å². The summed E-state index contributed by atoms with van der Waals surface area (Å²) in [6.07, 6.45) is 2.12. The molecule has 1 aliphatic carbocycles. The first kappa shape index (κ1) is 13.1. The predicted molar refractivity (Wildman–Crippen MR) is 60.0 cm³/mol. The lowest BCUT2D eigenvalue weighted by Crippen LogP contribution is -2.30. The molecule has 0 saturated carbocycles. The van der Waals surface area contributed by atoms with Gasteiger partial charge in [0, 0.05) is 0 Å². The first-order valence-corrected chi connectivity index (χ1v) is 5.41. The van der Waals surface area contributed by atoms with Gasteiger partial charge >= 0.3 is 6.18 Å². The maximum Gasteiger partial charge on any atom is 0.395 e. The molecule has 0 amide bonds. The molecule has 0 aromatic carbocycles. The molecule has 0 nitrogen and oxygen atoms in total. The van der Waals surface area contributed by atoms with Crippen molar-refractivity contribution in [2.24, 2.45) is 11.8 Å². The number of rotatable bonds is 1. The number of allylic oxidation sites excluding steroid dienone is 5. The molecule has 0 fully saturated rings. The van der Waals surface area contributed by atoms with Crippen LogP contribution in [0.3, 0.4) is 0 Å². The van der Waals surface area contributed by atoms with Crippen molar-refractivity contribution in [2.45, 2.75) is 32.9 Å². The molecule has 0 heterocycles. The lowest BCUT2D eigenvalue weighted by molar-refractivity contribution is -0.175. The zero-order valence-electron chi connectivity index (χ0n) is 9.64. The van der Waals surface area contributed by atoms with E-state index >= 15 is 0 Å². The van der Waals surface area contributed by atoms with Gasteiger partial charge in [-0.15, -0.1) is 0 Å². The minimum absolute atomic E-state index is 0.430. The zero-order chi connectivity index (χ0) is 12.3. The lowest BCUT2D eigenvalue weighted by Gasteiger charge is -2.28. The summed E-state index contributed by atoms with van der Waals surface area (Å²) in [5, 5.41) is 0. The Morgan fingerprint density at radius 3 is 2.50 bits per heavy atom. The summed E-state index contributed by atoms with van der Waals surface area (Å²) in [6.45, 7) is 6.85. The van der Waals surface area contributed by atoms with E-state index in [1.54, 1.807) is 26.0 Å². The van der Waals surface area contributed by atoms with Gasteiger partial charge in [-0.3, -0.25) is 0 Å². The fraction of sp³-hybridized carbons (Fsp3) is 0.538. The Bertz CT molecular complexity index is 321. The summed E-state index contributed by atoms with van der Waals surface area (Å²) in [6, 6.07) is 0. The van der Waals surface area contributed by atoms with Crippen LogP contribution in [0.25, 0.3) is 0 Å². The molecule has 0 aromatic heterocycles. The second-order valence-corrected chi connectivity index (χ2v) is 4.37. The van der Waals surface area contributed by atoms with E-state index in [0.29, 0.717) is 18.4 Å². The molecule has 0 unspecified atom stereocenters. The summed E-state index contributed by atoms with van der Waals surface area (Å²) in [5.74, 6) is -1.75. The van der Waals surface area contributed by atoms with Gasteiger partial charge in [-0.05, 0) is 25.7 Å². The summed E-state index contributed by atoms with van der Waals surface area (Å²) in [7, 11) is 0. The van der Waals surface area contributed by atoms with Gasteiger partial charge in [0.25, 0.3) is 0 Å². The number of hydrogen-bond acceptors (Lipinski definition) is 0. The van der Waals surface area contributed by atoms with Gasteiger partial charge in [0.15, 0.2) is 0 Å². The molecular weight excluding hydrogens is 213 g/mol. The van der Waals surface area contributed by atoms with Crippen LogP contribution in [0.5, 0.6) is 0 Å². The molecule has 3 heteroatoms. The first-order valence-electron chi connectivity index (χ1n) is 5.41. The Morgan fingerprint density at radius 1 is 1.38 bits per heavy atom. The maximum absolute atomic E-state index is 12.9. The van der Waals surface area contributed by atoms with Gasteiger partial charge in [-0.2, -0.15) is 13.2 Å². The SMILES string of the molecule is C=C/C1=C\C/C=C(\C)[C@@H](C(F)(F)F)[C@@H](C)C1. The van der Waals surface area contributed by atoms with Crippen LogP contribution in [0, 0.1) is 11.8 Å². The normalized spacial score (nSPS) is 34.1. The molecule has 0 spiro atoms. The van der Waals surface area contributed by atoms with Crippen LogP contribution in [-0.2, 0) is 0 Å². The van der Waals surface area contributed by atoms with E-state index in [-0.39, 0.29) is 0 Å². The van der Waals surface area contributed by atoms with Crippen molar-refractivity contribution in [3.8, 4) is 0 Å². The van der Waals surface area contributed by atoms with Gasteiger partial charge in [-0.1, -0.05) is 42.9 Å². The van der Waals surface area contributed by atoms with Gasteiger partial charge in [0.2, 0.25) is 0 Å². The van der Waals surface area contributed by atoms with Gasteiger partial charge < -0.3 is 0 Å². The average Bonchev–Trinajstić information content (AvgIpc) is 2.11. The molecule has 0 radical (unpaired) electrons. The number of halogens is 3. The van der Waals surface area contributed by atoms with E-state index in [4.69, 9.17) is 0 Å². The average molecular weight is 230 g/mol. The fourth-order valence-electron chi connectivity index (χ4n) is 2.29. The maximum atomic E-state index is 12.9. The molecule has 2 atom stereocenters. The molecular formula is C13H17F3. The van der Waals surface area contributed by atoms with Gasteiger partial charge in [-0.25, -0.2) is 0 Å². The minimum Gasteiger partial charge on any atom is -0.170 e. The monoisotopic (exact) mass is 230 g/mol. The van der Waals surface area contributed by atoms with Gasteiger partial charge in [0.05, 0.1) is 5.92 Å². The molecule has 16 heavy (non-hydrogen) atoms. The van der Waals surface area contributed by atoms with Crippen LogP contribution in [0.15, 0.2) is 36.0 Å². The van der Waals surface area contributed by atoms with E-state index in [1.165, 1.54) is 0 Å². The Morgan fingerprint density at radius 2 is 2.00 bits per heavy atom. The smallest absolute Gasteiger partial charge is 0.170 e. The van der Waals surface area contributed by atoms with E-state index in [1.807, 2.05) is 6.08 Å². The largest absolute Gasteiger partial charge is 0.395 e. The van der Waals surface area contributed by atoms with Crippen molar-refractivity contribution in [1.29, 1.82) is 0 Å². The highest BCUT2D eigenvalue weighted by Gasteiger charge is 2.43. The van der Waals surface area contributed by atoms with E-state index in [2.05, 4.69) is 6.58 Å². The third-order valence-electron chi connectivity index (χ3n) is 3.05. The molecule has 0 bridgehead atoms. The second kappa shape index (κ2) is 4.89. The van der Waals surface area contributed by atoms with Crippen molar-refractivity contribution in [1.82, 2.24) is 0 Å². The minimum atomic E-state index is -4.15. The van der Waals surface area contributed by atoms with Crippen molar-refractivity contribution in [2.75, 3.05) is 0 Å². The van der Waals surface area contributed by atoms with Crippen LogP contribution in [0.2, 0.25) is 0 Å². The standard InChI is InChI=1S/C13H17F3/c1-4-11-7-5-6-9(2)12(10(3)8-11)13(14,15)16/h4,6-7,10,12H,1,5,8H2,2-3H3/b9-6+,11-7+/t10-,12+/m0/s1. The third kappa shape index (κ3) is 3.00. The Kier molecular flexibility index (Phi) is 4.00. The van der Waals surface area contributed by atoms with Crippen LogP contribution in [-0.4, -0.2) is 6.18 Å². The molecule has 0 aromatic rings. The molecule has 1 rings (SSSR count). The highest BCUT2D eigenvalue weighted by atomic mass is 19.4. The molecule has 0 aliphatic heterocycles. The van der Waals surface area contributed by atoms with Crippen LogP contribution >= 0.6 is 0 Å². The Balaban J connectivity index is 3.02. The second-order valence-electron chi connectivity index (χ2n) is 4.37. The molecule has 1 aliphatic rings. The summed E-state index contributed by atoms with van der Waals surface area (Å²) < 4.78 is 38.7.